The number of nitrogens with zero attached hydrogens (tertiary/aromatic N) is 5. The van der Waals surface area contributed by atoms with Gasteiger partial charge in [-0.3, -0.25) is 13.9 Å². The lowest BCUT2D eigenvalue weighted by Gasteiger charge is -2.30. The molecule has 0 unspecified atom stereocenters. The van der Waals surface area contributed by atoms with Gasteiger partial charge in [0.05, 0.1) is 33.2 Å². The molecule has 0 spiro atoms. The Hall–Kier alpha value is -2.09. The van der Waals surface area contributed by atoms with Crippen molar-refractivity contribution in [3.8, 4) is 0 Å². The van der Waals surface area contributed by atoms with Crippen LogP contribution in [-0.4, -0.2) is 51.9 Å². The first-order valence-electron chi connectivity index (χ1n) is 7.10. The third-order valence-electron chi connectivity index (χ3n) is 4.35. The Kier molecular flexibility index (Phi) is 3.12. The van der Waals surface area contributed by atoms with Crippen LogP contribution in [0.2, 0.25) is 0 Å². The summed E-state index contributed by atoms with van der Waals surface area (Å²) in [7, 11) is 7.15. The van der Waals surface area contributed by atoms with Gasteiger partial charge in [-0.05, 0) is 0 Å². The molecule has 1 aliphatic rings. The van der Waals surface area contributed by atoms with Crippen LogP contribution in [0.15, 0.2) is 9.59 Å². The first-order valence-corrected chi connectivity index (χ1v) is 7.10. The van der Waals surface area contributed by atoms with E-state index in [0.29, 0.717) is 11.2 Å². The Labute approximate surface area is 121 Å². The van der Waals surface area contributed by atoms with Crippen LogP contribution in [0, 0.1) is 0 Å². The average Bonchev–Trinajstić information content (AvgIpc) is 2.81. The van der Waals surface area contributed by atoms with Crippen LogP contribution in [0.4, 0.5) is 5.95 Å². The monoisotopic (exact) mass is 293 g/mol. The highest BCUT2D eigenvalue weighted by molar-refractivity contribution is 5.74. The van der Waals surface area contributed by atoms with Gasteiger partial charge in [-0.2, -0.15) is 4.98 Å². The van der Waals surface area contributed by atoms with E-state index in [0.717, 1.165) is 36.7 Å². The van der Waals surface area contributed by atoms with Gasteiger partial charge >= 0.3 is 5.69 Å². The smallest absolute Gasteiger partial charge is 0.332 e. The number of hydrogen-bond acceptors (Lipinski definition) is 4. The largest absolute Gasteiger partial charge is 0.334 e. The molecule has 0 atom stereocenters. The minimum absolute atomic E-state index is 0.297. The molecule has 0 radical (unpaired) electrons. The zero-order chi connectivity index (χ0) is 15.3. The number of anilines is 1. The molecule has 0 aliphatic carbocycles. The highest BCUT2D eigenvalue weighted by atomic mass is 16.2. The van der Waals surface area contributed by atoms with E-state index in [9.17, 15) is 9.59 Å². The fourth-order valence-electron chi connectivity index (χ4n) is 2.88. The van der Waals surface area contributed by atoms with Gasteiger partial charge in [-0.25, -0.2) is 4.79 Å². The van der Waals surface area contributed by atoms with Crippen molar-refractivity contribution in [3.05, 3.63) is 20.8 Å². The molecule has 8 heteroatoms. The van der Waals surface area contributed by atoms with Crippen molar-refractivity contribution in [2.45, 2.75) is 0 Å². The van der Waals surface area contributed by atoms with Gasteiger partial charge in [0.1, 0.15) is 0 Å². The number of aryl methyl sites for hydroxylation is 2. The number of nitrogens with one attached hydrogen (secondary N) is 1. The second kappa shape index (κ2) is 4.73. The van der Waals surface area contributed by atoms with Crippen molar-refractivity contribution in [2.75, 3.05) is 38.1 Å². The molecule has 0 aromatic carbocycles. The summed E-state index contributed by atoms with van der Waals surface area (Å²) >= 11 is 0. The number of fused-ring (bicyclic) bond motifs is 1. The summed E-state index contributed by atoms with van der Waals surface area (Å²) in [6.07, 6.45) is 0. The number of quaternary nitrogens is 1. The molecule has 1 saturated heterocycles. The molecule has 8 nitrogen and oxygen atoms in total. The van der Waals surface area contributed by atoms with Gasteiger partial charge in [0.15, 0.2) is 11.2 Å². The van der Waals surface area contributed by atoms with Crippen LogP contribution in [0.25, 0.3) is 11.2 Å². The van der Waals surface area contributed by atoms with E-state index in [-0.39, 0.29) is 11.2 Å². The second-order valence-electron chi connectivity index (χ2n) is 5.79. The van der Waals surface area contributed by atoms with Gasteiger partial charge in [-0.1, -0.05) is 0 Å². The Morgan fingerprint density at radius 3 is 2.24 bits per heavy atom. The van der Waals surface area contributed by atoms with Gasteiger partial charge < -0.3 is 14.4 Å². The zero-order valence-corrected chi connectivity index (χ0v) is 12.9. The molecule has 3 rings (SSSR count). The lowest BCUT2D eigenvalue weighted by atomic mass is 10.3. The van der Waals surface area contributed by atoms with E-state index in [2.05, 4.69) is 16.9 Å². The van der Waals surface area contributed by atoms with Gasteiger partial charge in [0, 0.05) is 21.1 Å². The molecular formula is C13H21N6O2+. The number of aromatic nitrogens is 4. The molecule has 0 amide bonds. The third kappa shape index (κ3) is 1.98. The van der Waals surface area contributed by atoms with Gasteiger partial charge in [0.2, 0.25) is 5.95 Å². The zero-order valence-electron chi connectivity index (χ0n) is 12.9. The molecule has 1 N–H and O–H groups in total. The molecule has 0 bridgehead atoms. The molecule has 2 aromatic rings. The Bertz CT molecular complexity index is 807. The number of likely N-dealkylation sites (N-methyl/N-ethyl adjacent to an activating group) is 1. The average molecular weight is 293 g/mol. The maximum Gasteiger partial charge on any atom is 0.332 e. The van der Waals surface area contributed by atoms with Crippen molar-refractivity contribution < 1.29 is 4.90 Å². The summed E-state index contributed by atoms with van der Waals surface area (Å²) in [6, 6.07) is 0. The predicted octanol–water partition coefficient (Wildman–Crippen LogP) is -2.69. The molecule has 3 heterocycles. The highest BCUT2D eigenvalue weighted by Gasteiger charge is 2.24. The maximum atomic E-state index is 12.3. The van der Waals surface area contributed by atoms with Crippen LogP contribution in [0.3, 0.4) is 0 Å². The van der Waals surface area contributed by atoms with Crippen molar-refractivity contribution in [1.82, 2.24) is 18.7 Å². The SMILES string of the molecule is Cn1c(=O)c2c(nc(N3CC[NH+](C)CC3)n2C)n(C)c1=O. The van der Waals surface area contributed by atoms with Gasteiger partial charge in [0.25, 0.3) is 5.56 Å². The van der Waals surface area contributed by atoms with Crippen LogP contribution < -0.4 is 21.0 Å². The normalized spacial score (nSPS) is 16.9. The quantitative estimate of drug-likeness (QED) is 0.621. The number of imidazole rings is 1. The van der Waals surface area contributed by atoms with Crippen LogP contribution in [0.5, 0.6) is 0 Å². The van der Waals surface area contributed by atoms with E-state index < -0.39 is 0 Å². The summed E-state index contributed by atoms with van der Waals surface area (Å²) in [5.74, 6) is 0.760. The standard InChI is InChI=1S/C13H20N6O2/c1-15-5-7-19(8-6-15)12-14-10-9(16(12)2)11(20)18(4)13(21)17(10)3/h5-8H2,1-4H3/p+1. The van der Waals surface area contributed by atoms with E-state index in [1.165, 1.54) is 16.5 Å². The van der Waals surface area contributed by atoms with Crippen LogP contribution >= 0.6 is 0 Å². The summed E-state index contributed by atoms with van der Waals surface area (Å²) in [4.78, 5) is 32.6. The Morgan fingerprint density at radius 1 is 1.00 bits per heavy atom. The highest BCUT2D eigenvalue weighted by Crippen LogP contribution is 2.17. The molecule has 21 heavy (non-hydrogen) atoms. The summed E-state index contributed by atoms with van der Waals surface area (Å²) < 4.78 is 4.36. The van der Waals surface area contributed by atoms with Crippen LogP contribution in [-0.2, 0) is 21.1 Å². The first-order chi connectivity index (χ1) is 9.91. The third-order valence-corrected chi connectivity index (χ3v) is 4.35. The molecular weight excluding hydrogens is 272 g/mol. The Balaban J connectivity index is 2.21. The van der Waals surface area contributed by atoms with Crippen molar-refractivity contribution in [1.29, 1.82) is 0 Å². The maximum absolute atomic E-state index is 12.3. The number of piperazine rings is 1. The molecule has 114 valence electrons. The number of hydrogen-bond donors (Lipinski definition) is 1. The lowest BCUT2D eigenvalue weighted by molar-refractivity contribution is -0.880. The summed E-state index contributed by atoms with van der Waals surface area (Å²) in [5, 5.41) is 0. The fourth-order valence-corrected chi connectivity index (χ4v) is 2.88. The number of rotatable bonds is 1. The Morgan fingerprint density at radius 2 is 1.62 bits per heavy atom. The molecule has 1 fully saturated rings. The van der Waals surface area contributed by atoms with Crippen molar-refractivity contribution in [2.24, 2.45) is 21.1 Å². The minimum Gasteiger partial charge on any atom is -0.334 e. The van der Waals surface area contributed by atoms with Crippen molar-refractivity contribution in [3.63, 3.8) is 0 Å². The second-order valence-corrected chi connectivity index (χ2v) is 5.79. The molecule has 0 saturated carbocycles. The molecule has 2 aromatic heterocycles. The van der Waals surface area contributed by atoms with E-state index in [1.54, 1.807) is 11.6 Å². The van der Waals surface area contributed by atoms with E-state index in [4.69, 9.17) is 0 Å². The topological polar surface area (TPSA) is 69.5 Å². The summed E-state index contributed by atoms with van der Waals surface area (Å²) in [5.41, 5.74) is 0.279. The molecule has 1 aliphatic heterocycles. The lowest BCUT2D eigenvalue weighted by Crippen LogP contribution is -3.12. The van der Waals surface area contributed by atoms with E-state index >= 15 is 0 Å². The van der Waals surface area contributed by atoms with Crippen molar-refractivity contribution >= 4 is 17.1 Å². The predicted molar refractivity (Wildman–Crippen MR) is 80.0 cm³/mol. The van der Waals surface area contributed by atoms with Gasteiger partial charge in [-0.15, -0.1) is 0 Å². The van der Waals surface area contributed by atoms with Crippen LogP contribution in [0.1, 0.15) is 0 Å². The fraction of sp³-hybridized carbons (Fsp3) is 0.615. The summed E-state index contributed by atoms with van der Waals surface area (Å²) in [6.45, 7) is 3.88. The first kappa shape index (κ1) is 13.9. The minimum atomic E-state index is -0.347. The van der Waals surface area contributed by atoms with E-state index in [1.807, 2.05) is 7.05 Å².